The molecule has 0 radical (unpaired) electrons. The fraction of sp³-hybridized carbons (Fsp3) is 0.364. The Bertz CT molecular complexity index is 989. The van der Waals surface area contributed by atoms with Crippen LogP contribution in [0.15, 0.2) is 42.5 Å². The molecule has 0 unspecified atom stereocenters. The fourth-order valence-electron chi connectivity index (χ4n) is 3.65. The van der Waals surface area contributed by atoms with Gasteiger partial charge in [-0.05, 0) is 55.2 Å². The van der Waals surface area contributed by atoms with Crippen molar-refractivity contribution in [3.05, 3.63) is 53.1 Å². The van der Waals surface area contributed by atoms with Gasteiger partial charge in [0.25, 0.3) is 0 Å². The van der Waals surface area contributed by atoms with Gasteiger partial charge in [-0.15, -0.1) is 0 Å². The highest BCUT2D eigenvalue weighted by Crippen LogP contribution is 2.33. The maximum absolute atomic E-state index is 12.7. The number of nitrogens with one attached hydrogen (secondary N) is 1. The van der Waals surface area contributed by atoms with Crippen LogP contribution in [-0.2, 0) is 11.2 Å². The molecule has 1 fully saturated rings. The van der Waals surface area contributed by atoms with Gasteiger partial charge in [0.15, 0.2) is 5.13 Å². The van der Waals surface area contributed by atoms with Gasteiger partial charge < -0.3 is 15.0 Å². The number of carbonyl (C=O) groups is 1. The molecule has 152 valence electrons. The Balaban J connectivity index is 1.35. The molecule has 2 aromatic carbocycles. The van der Waals surface area contributed by atoms with Crippen LogP contribution in [0.3, 0.4) is 0 Å². The Kier molecular flexibility index (Phi) is 6.21. The number of thiazole rings is 1. The Morgan fingerprint density at radius 3 is 2.93 bits per heavy atom. The number of rotatable bonds is 6. The lowest BCUT2D eigenvalue weighted by Gasteiger charge is -2.31. The number of carbonyl (C=O) groups excluding carboxylic acids is 1. The van der Waals surface area contributed by atoms with Crippen LogP contribution in [0.25, 0.3) is 10.2 Å². The number of aromatic nitrogens is 1. The molecular weight excluding hydrogens is 406 g/mol. The zero-order valence-corrected chi connectivity index (χ0v) is 17.9. The number of ether oxygens (including phenoxy) is 1. The summed E-state index contributed by atoms with van der Waals surface area (Å²) in [6.07, 6.45) is 2.72. The number of benzene rings is 2. The Morgan fingerprint density at radius 1 is 1.31 bits per heavy atom. The minimum absolute atomic E-state index is 0.00415. The number of methoxy groups -OCH3 is 1. The monoisotopic (exact) mass is 429 g/mol. The highest BCUT2D eigenvalue weighted by molar-refractivity contribution is 7.22. The van der Waals surface area contributed by atoms with Crippen LogP contribution in [0.5, 0.6) is 5.75 Å². The first-order valence-corrected chi connectivity index (χ1v) is 11.0. The Hall–Kier alpha value is -2.31. The average molecular weight is 430 g/mol. The molecule has 2 heterocycles. The van der Waals surface area contributed by atoms with Crippen LogP contribution < -0.4 is 15.0 Å². The first-order valence-electron chi connectivity index (χ1n) is 9.84. The van der Waals surface area contributed by atoms with Gasteiger partial charge in [0.05, 0.1) is 23.2 Å². The second kappa shape index (κ2) is 9.01. The number of anilines is 1. The maximum Gasteiger partial charge on any atom is 0.224 e. The van der Waals surface area contributed by atoms with Gasteiger partial charge in [-0.25, -0.2) is 4.98 Å². The van der Waals surface area contributed by atoms with Gasteiger partial charge in [0, 0.05) is 24.7 Å². The van der Waals surface area contributed by atoms with E-state index in [-0.39, 0.29) is 11.8 Å². The molecule has 1 aliphatic heterocycles. The number of hydrogen-bond acceptors (Lipinski definition) is 5. The summed E-state index contributed by atoms with van der Waals surface area (Å²) in [4.78, 5) is 19.7. The minimum Gasteiger partial charge on any atom is -0.497 e. The molecule has 0 aliphatic carbocycles. The summed E-state index contributed by atoms with van der Waals surface area (Å²) in [7, 11) is 1.67. The van der Waals surface area contributed by atoms with Gasteiger partial charge in [0.2, 0.25) is 5.91 Å². The van der Waals surface area contributed by atoms with E-state index in [4.69, 9.17) is 21.3 Å². The summed E-state index contributed by atoms with van der Waals surface area (Å²) in [6, 6.07) is 13.7. The van der Waals surface area contributed by atoms with E-state index in [0.29, 0.717) is 13.1 Å². The largest absolute Gasteiger partial charge is 0.497 e. The van der Waals surface area contributed by atoms with E-state index < -0.39 is 0 Å². The molecule has 0 bridgehead atoms. The summed E-state index contributed by atoms with van der Waals surface area (Å²) in [5.74, 6) is 0.964. The molecule has 5 nitrogen and oxygen atoms in total. The van der Waals surface area contributed by atoms with Crippen molar-refractivity contribution in [2.24, 2.45) is 5.92 Å². The van der Waals surface area contributed by atoms with Gasteiger partial charge in [-0.3, -0.25) is 4.79 Å². The molecule has 29 heavy (non-hydrogen) atoms. The smallest absolute Gasteiger partial charge is 0.224 e. The van der Waals surface area contributed by atoms with Crippen LogP contribution in [0, 0.1) is 5.92 Å². The standard InChI is InChI=1S/C22H24ClN3O2S/c1-28-18-8-9-19-20(13-18)29-22(25-19)26-12-2-3-16(14-26)21(27)24-11-10-15-4-6-17(23)7-5-15/h4-9,13,16H,2-3,10-12,14H2,1H3,(H,24,27)/t16-/m0/s1. The van der Waals surface area contributed by atoms with Crippen molar-refractivity contribution in [3.8, 4) is 5.75 Å². The number of nitrogens with zero attached hydrogens (tertiary/aromatic N) is 2. The van der Waals surface area contributed by atoms with Crippen LogP contribution in [0.2, 0.25) is 5.02 Å². The van der Waals surface area contributed by atoms with E-state index in [1.54, 1.807) is 18.4 Å². The van der Waals surface area contributed by atoms with E-state index in [9.17, 15) is 4.79 Å². The van der Waals surface area contributed by atoms with Crippen molar-refractivity contribution in [2.45, 2.75) is 19.3 Å². The second-order valence-corrected chi connectivity index (χ2v) is 8.73. The second-order valence-electron chi connectivity index (χ2n) is 7.28. The summed E-state index contributed by atoms with van der Waals surface area (Å²) >= 11 is 7.57. The van der Waals surface area contributed by atoms with Crippen LogP contribution >= 0.6 is 22.9 Å². The van der Waals surface area contributed by atoms with Gasteiger partial charge in [-0.2, -0.15) is 0 Å². The third kappa shape index (κ3) is 4.82. The fourth-order valence-corrected chi connectivity index (χ4v) is 4.80. The zero-order chi connectivity index (χ0) is 20.2. The maximum atomic E-state index is 12.7. The van der Waals surface area contributed by atoms with Crippen molar-refractivity contribution in [1.82, 2.24) is 10.3 Å². The number of halogens is 1. The molecule has 1 atom stereocenters. The number of fused-ring (bicyclic) bond motifs is 1. The van der Waals surface area contributed by atoms with Crippen LogP contribution in [0.1, 0.15) is 18.4 Å². The SMILES string of the molecule is COc1ccc2nc(N3CCC[C@H](C(=O)NCCc4ccc(Cl)cc4)C3)sc2c1. The van der Waals surface area contributed by atoms with Crippen molar-refractivity contribution < 1.29 is 9.53 Å². The molecule has 0 saturated carbocycles. The zero-order valence-electron chi connectivity index (χ0n) is 16.4. The molecule has 4 rings (SSSR count). The molecule has 0 spiro atoms. The third-order valence-corrected chi connectivity index (χ3v) is 6.60. The highest BCUT2D eigenvalue weighted by atomic mass is 35.5. The van der Waals surface area contributed by atoms with Crippen molar-refractivity contribution in [1.29, 1.82) is 0 Å². The lowest BCUT2D eigenvalue weighted by atomic mass is 9.97. The van der Waals surface area contributed by atoms with E-state index in [1.165, 1.54) is 5.56 Å². The van der Waals surface area contributed by atoms with Gasteiger partial charge in [0.1, 0.15) is 5.75 Å². The summed E-state index contributed by atoms with van der Waals surface area (Å²) < 4.78 is 6.41. The number of hydrogen-bond donors (Lipinski definition) is 1. The molecule has 1 N–H and O–H groups in total. The van der Waals surface area contributed by atoms with E-state index >= 15 is 0 Å². The summed E-state index contributed by atoms with van der Waals surface area (Å²) in [5.41, 5.74) is 2.14. The van der Waals surface area contributed by atoms with E-state index in [2.05, 4.69) is 10.2 Å². The van der Waals surface area contributed by atoms with E-state index in [0.717, 1.165) is 51.9 Å². The molecule has 1 saturated heterocycles. The van der Waals surface area contributed by atoms with Gasteiger partial charge in [-0.1, -0.05) is 35.1 Å². The normalized spacial score (nSPS) is 16.8. The lowest BCUT2D eigenvalue weighted by Crippen LogP contribution is -2.43. The summed E-state index contributed by atoms with van der Waals surface area (Å²) in [6.45, 7) is 2.28. The van der Waals surface area contributed by atoms with Crippen molar-refractivity contribution in [2.75, 3.05) is 31.6 Å². The average Bonchev–Trinajstić information content (AvgIpc) is 3.18. The van der Waals surface area contributed by atoms with Crippen LogP contribution in [0.4, 0.5) is 5.13 Å². The Labute approximate surface area is 179 Å². The van der Waals surface area contributed by atoms with Gasteiger partial charge >= 0.3 is 0 Å². The number of piperidine rings is 1. The predicted octanol–water partition coefficient (Wildman–Crippen LogP) is 4.53. The van der Waals surface area contributed by atoms with Crippen molar-refractivity contribution in [3.63, 3.8) is 0 Å². The van der Waals surface area contributed by atoms with Crippen molar-refractivity contribution >= 4 is 44.2 Å². The Morgan fingerprint density at radius 2 is 2.14 bits per heavy atom. The quantitative estimate of drug-likeness (QED) is 0.625. The molecule has 1 aromatic heterocycles. The number of amides is 1. The lowest BCUT2D eigenvalue weighted by molar-refractivity contribution is -0.125. The molecule has 7 heteroatoms. The third-order valence-electron chi connectivity index (χ3n) is 5.27. The molecular formula is C22H24ClN3O2S. The molecule has 3 aromatic rings. The first-order chi connectivity index (χ1) is 14.1. The van der Waals surface area contributed by atoms with Crippen LogP contribution in [-0.4, -0.2) is 37.6 Å². The highest BCUT2D eigenvalue weighted by Gasteiger charge is 2.27. The molecule has 1 aliphatic rings. The minimum atomic E-state index is -0.00415. The summed E-state index contributed by atoms with van der Waals surface area (Å²) in [5, 5.41) is 4.81. The topological polar surface area (TPSA) is 54.5 Å². The predicted molar refractivity (Wildman–Crippen MR) is 119 cm³/mol. The first kappa shape index (κ1) is 20.0. The van der Waals surface area contributed by atoms with E-state index in [1.807, 2.05) is 42.5 Å². The molecule has 1 amide bonds.